The Labute approximate surface area is 95.0 Å². The molecule has 0 aromatic rings. The first-order valence-corrected chi connectivity index (χ1v) is 6.10. The van der Waals surface area contributed by atoms with E-state index >= 15 is 0 Å². The van der Waals surface area contributed by atoms with Crippen LogP contribution in [0.2, 0.25) is 0 Å². The van der Waals surface area contributed by atoms with Gasteiger partial charge in [-0.1, -0.05) is 13.3 Å². The summed E-state index contributed by atoms with van der Waals surface area (Å²) in [6.07, 6.45) is 2.51. The zero-order chi connectivity index (χ0) is 11.6. The molecule has 0 rings (SSSR count). The molecule has 15 heavy (non-hydrogen) atoms. The van der Waals surface area contributed by atoms with Crippen molar-refractivity contribution in [3.63, 3.8) is 0 Å². The van der Waals surface area contributed by atoms with Crippen LogP contribution >= 0.6 is 0 Å². The molecule has 0 bridgehead atoms. The number of ether oxygens (including phenoxy) is 1. The first kappa shape index (κ1) is 14.9. The van der Waals surface area contributed by atoms with Gasteiger partial charge in [0, 0.05) is 18.6 Å². The van der Waals surface area contributed by atoms with Crippen molar-refractivity contribution in [3.05, 3.63) is 0 Å². The lowest BCUT2D eigenvalue weighted by Gasteiger charge is -2.20. The van der Waals surface area contributed by atoms with Gasteiger partial charge in [0.25, 0.3) is 0 Å². The highest BCUT2D eigenvalue weighted by Gasteiger charge is 2.06. The van der Waals surface area contributed by atoms with Crippen molar-refractivity contribution >= 4 is 0 Å². The van der Waals surface area contributed by atoms with Gasteiger partial charge in [0.05, 0.1) is 13.2 Å². The predicted molar refractivity (Wildman–Crippen MR) is 66.4 cm³/mol. The van der Waals surface area contributed by atoms with Crippen LogP contribution in [-0.2, 0) is 4.74 Å². The zero-order valence-corrected chi connectivity index (χ0v) is 10.9. The fourth-order valence-electron chi connectivity index (χ4n) is 1.17. The van der Waals surface area contributed by atoms with Gasteiger partial charge in [-0.05, 0) is 33.7 Å². The highest BCUT2D eigenvalue weighted by Crippen LogP contribution is 1.96. The molecule has 3 nitrogen and oxygen atoms in total. The lowest BCUT2D eigenvalue weighted by Crippen LogP contribution is -2.38. The van der Waals surface area contributed by atoms with Gasteiger partial charge >= 0.3 is 0 Å². The number of hydrogen-bond donors (Lipinski definition) is 2. The summed E-state index contributed by atoms with van der Waals surface area (Å²) in [7, 11) is 0. The Hall–Kier alpha value is -0.120. The largest absolute Gasteiger partial charge is 0.379 e. The second-order valence-electron chi connectivity index (χ2n) is 4.89. The van der Waals surface area contributed by atoms with Crippen molar-refractivity contribution in [1.82, 2.24) is 10.6 Å². The monoisotopic (exact) mass is 216 g/mol. The van der Waals surface area contributed by atoms with Crippen molar-refractivity contribution in [2.24, 2.45) is 0 Å². The van der Waals surface area contributed by atoms with E-state index in [0.717, 1.165) is 32.8 Å². The van der Waals surface area contributed by atoms with Crippen molar-refractivity contribution in [2.75, 3.05) is 32.8 Å². The van der Waals surface area contributed by atoms with Gasteiger partial charge < -0.3 is 15.4 Å². The second kappa shape index (κ2) is 9.13. The van der Waals surface area contributed by atoms with Crippen molar-refractivity contribution in [2.45, 2.75) is 46.1 Å². The van der Waals surface area contributed by atoms with E-state index in [1.807, 2.05) is 0 Å². The van der Waals surface area contributed by atoms with Gasteiger partial charge in [0.2, 0.25) is 0 Å². The third-order valence-corrected chi connectivity index (χ3v) is 2.03. The predicted octanol–water partition coefficient (Wildman–Crippen LogP) is 1.78. The summed E-state index contributed by atoms with van der Waals surface area (Å²) in [5, 5.41) is 6.74. The third-order valence-electron chi connectivity index (χ3n) is 2.03. The van der Waals surface area contributed by atoms with Crippen molar-refractivity contribution in [1.29, 1.82) is 0 Å². The van der Waals surface area contributed by atoms with E-state index in [1.165, 1.54) is 12.8 Å². The zero-order valence-electron chi connectivity index (χ0n) is 10.9. The van der Waals surface area contributed by atoms with Crippen LogP contribution in [0, 0.1) is 0 Å². The molecule has 0 radical (unpaired) electrons. The number of rotatable bonds is 9. The fraction of sp³-hybridized carbons (Fsp3) is 1.00. The molecule has 2 N–H and O–H groups in total. The molecule has 0 fully saturated rings. The highest BCUT2D eigenvalue weighted by atomic mass is 16.5. The minimum atomic E-state index is 0.197. The SMILES string of the molecule is CCCCNCCOCCNC(C)(C)C. The summed E-state index contributed by atoms with van der Waals surface area (Å²) in [4.78, 5) is 0. The van der Waals surface area contributed by atoms with Crippen LogP contribution in [0.4, 0.5) is 0 Å². The molecule has 0 heterocycles. The summed E-state index contributed by atoms with van der Waals surface area (Å²) in [5.41, 5.74) is 0.197. The maximum Gasteiger partial charge on any atom is 0.0591 e. The van der Waals surface area contributed by atoms with E-state index in [2.05, 4.69) is 38.3 Å². The van der Waals surface area contributed by atoms with E-state index in [1.54, 1.807) is 0 Å². The van der Waals surface area contributed by atoms with Gasteiger partial charge in [-0.25, -0.2) is 0 Å². The van der Waals surface area contributed by atoms with E-state index < -0.39 is 0 Å². The van der Waals surface area contributed by atoms with E-state index in [-0.39, 0.29) is 5.54 Å². The molecule has 0 aromatic carbocycles. The Morgan fingerprint density at radius 2 is 1.67 bits per heavy atom. The van der Waals surface area contributed by atoms with Gasteiger partial charge in [-0.2, -0.15) is 0 Å². The Bertz CT molecular complexity index is 132. The van der Waals surface area contributed by atoms with E-state index in [4.69, 9.17) is 4.74 Å². The molecule has 0 atom stereocenters. The lowest BCUT2D eigenvalue weighted by molar-refractivity contribution is 0.132. The summed E-state index contributed by atoms with van der Waals surface area (Å²) in [6, 6.07) is 0. The molecule has 0 amide bonds. The van der Waals surface area contributed by atoms with Gasteiger partial charge in [0.15, 0.2) is 0 Å². The summed E-state index contributed by atoms with van der Waals surface area (Å²) in [6.45, 7) is 13.3. The molecule has 0 saturated carbocycles. The Balaban J connectivity index is 2.99. The number of unbranched alkanes of at least 4 members (excludes halogenated alkanes) is 1. The van der Waals surface area contributed by atoms with E-state index in [9.17, 15) is 0 Å². The van der Waals surface area contributed by atoms with Crippen LogP contribution in [-0.4, -0.2) is 38.4 Å². The number of hydrogen-bond acceptors (Lipinski definition) is 3. The topological polar surface area (TPSA) is 33.3 Å². The quantitative estimate of drug-likeness (QED) is 0.576. The third kappa shape index (κ3) is 13.9. The molecule has 3 heteroatoms. The van der Waals surface area contributed by atoms with Crippen LogP contribution in [0.15, 0.2) is 0 Å². The highest BCUT2D eigenvalue weighted by molar-refractivity contribution is 4.69. The Morgan fingerprint density at radius 1 is 1.00 bits per heavy atom. The molecular weight excluding hydrogens is 188 g/mol. The summed E-state index contributed by atoms with van der Waals surface area (Å²) >= 11 is 0. The smallest absolute Gasteiger partial charge is 0.0591 e. The number of nitrogens with one attached hydrogen (secondary N) is 2. The first-order valence-electron chi connectivity index (χ1n) is 6.10. The molecule has 92 valence electrons. The fourth-order valence-corrected chi connectivity index (χ4v) is 1.17. The molecule has 0 saturated heterocycles. The maximum atomic E-state index is 5.48. The molecule has 0 aromatic heterocycles. The minimum Gasteiger partial charge on any atom is -0.379 e. The maximum absolute atomic E-state index is 5.48. The standard InChI is InChI=1S/C12H28N2O/c1-5-6-7-13-8-10-15-11-9-14-12(2,3)4/h13-14H,5-11H2,1-4H3. The summed E-state index contributed by atoms with van der Waals surface area (Å²) < 4.78 is 5.48. The molecule has 0 spiro atoms. The normalized spacial score (nSPS) is 12.0. The second-order valence-corrected chi connectivity index (χ2v) is 4.89. The average molecular weight is 216 g/mol. The van der Waals surface area contributed by atoms with Gasteiger partial charge in [0.1, 0.15) is 0 Å². The molecule has 0 aliphatic rings. The van der Waals surface area contributed by atoms with Crippen molar-refractivity contribution < 1.29 is 4.74 Å². The Kier molecular flexibility index (Phi) is 9.06. The average Bonchev–Trinajstić information content (AvgIpc) is 2.14. The van der Waals surface area contributed by atoms with Crippen LogP contribution in [0.25, 0.3) is 0 Å². The van der Waals surface area contributed by atoms with Crippen molar-refractivity contribution in [3.8, 4) is 0 Å². The minimum absolute atomic E-state index is 0.197. The van der Waals surface area contributed by atoms with Gasteiger partial charge in [-0.15, -0.1) is 0 Å². The van der Waals surface area contributed by atoms with E-state index in [0.29, 0.717) is 0 Å². The molecule has 0 aliphatic carbocycles. The Morgan fingerprint density at radius 3 is 2.27 bits per heavy atom. The molecule has 0 aliphatic heterocycles. The van der Waals surface area contributed by atoms with Crippen LogP contribution in [0.1, 0.15) is 40.5 Å². The molecular formula is C12H28N2O. The molecule has 0 unspecified atom stereocenters. The first-order chi connectivity index (χ1) is 7.06. The van der Waals surface area contributed by atoms with Gasteiger partial charge in [-0.3, -0.25) is 0 Å². The van der Waals surface area contributed by atoms with Crippen LogP contribution < -0.4 is 10.6 Å². The summed E-state index contributed by atoms with van der Waals surface area (Å²) in [5.74, 6) is 0. The lowest BCUT2D eigenvalue weighted by atomic mass is 10.1. The van der Waals surface area contributed by atoms with Crippen LogP contribution in [0.3, 0.4) is 0 Å². The van der Waals surface area contributed by atoms with Crippen LogP contribution in [0.5, 0.6) is 0 Å².